The number of hydrogen-bond acceptors (Lipinski definition) is 3. The highest BCUT2D eigenvalue weighted by atomic mass is 16.5. The van der Waals surface area contributed by atoms with Gasteiger partial charge in [0.15, 0.2) is 0 Å². The maximum absolute atomic E-state index is 13.5. The SMILES string of the molecule is O=C(O)[C@H]1[C@H](c2ccccc2)[C@H](C(=O)Oc2ccc(-c3ccccc3)cc2)[C@H]1c1ccccc1. The largest absolute Gasteiger partial charge is 0.481 e. The van der Waals surface area contributed by atoms with Crippen molar-refractivity contribution in [3.63, 3.8) is 0 Å². The van der Waals surface area contributed by atoms with E-state index in [1.54, 1.807) is 12.1 Å². The van der Waals surface area contributed by atoms with Gasteiger partial charge in [-0.1, -0.05) is 103 Å². The second-order valence-electron chi connectivity index (χ2n) is 8.57. The molecular weight excluding hydrogens is 424 g/mol. The van der Waals surface area contributed by atoms with Crippen LogP contribution in [0.4, 0.5) is 0 Å². The number of carbonyl (C=O) groups is 2. The summed E-state index contributed by atoms with van der Waals surface area (Å²) < 4.78 is 5.81. The first kappa shape index (κ1) is 21.7. The predicted octanol–water partition coefficient (Wildman–Crippen LogP) is 6.16. The van der Waals surface area contributed by atoms with Crippen molar-refractivity contribution in [1.29, 1.82) is 0 Å². The molecule has 2 atom stereocenters. The molecule has 4 aromatic rings. The van der Waals surface area contributed by atoms with E-state index >= 15 is 0 Å². The molecule has 0 heterocycles. The Hall–Kier alpha value is -4.18. The van der Waals surface area contributed by atoms with Crippen LogP contribution in [0.1, 0.15) is 23.0 Å². The Morgan fingerprint density at radius 3 is 1.47 bits per heavy atom. The molecule has 0 aromatic heterocycles. The topological polar surface area (TPSA) is 63.6 Å². The molecule has 1 N–H and O–H groups in total. The van der Waals surface area contributed by atoms with Crippen LogP contribution in [0.2, 0.25) is 0 Å². The standard InChI is InChI=1S/C30H24O4/c31-29(32)27-25(22-12-6-2-7-13-22)28(26(27)23-14-8-3-9-15-23)30(33)34-24-18-16-21(17-19-24)20-10-4-1-5-11-20/h1-19,25-28H,(H,31,32)/t25-,26-,27-,28-/m0/s1. The summed E-state index contributed by atoms with van der Waals surface area (Å²) in [5.41, 5.74) is 3.78. The zero-order chi connectivity index (χ0) is 23.5. The third kappa shape index (κ3) is 4.11. The maximum atomic E-state index is 13.5. The van der Waals surface area contributed by atoms with E-state index in [1.807, 2.05) is 103 Å². The van der Waals surface area contributed by atoms with Gasteiger partial charge in [0.1, 0.15) is 5.75 Å². The molecule has 5 rings (SSSR count). The summed E-state index contributed by atoms with van der Waals surface area (Å²) in [4.78, 5) is 25.8. The van der Waals surface area contributed by atoms with Gasteiger partial charge in [0.2, 0.25) is 0 Å². The van der Waals surface area contributed by atoms with Gasteiger partial charge in [-0.2, -0.15) is 0 Å². The van der Waals surface area contributed by atoms with Gasteiger partial charge in [-0.15, -0.1) is 0 Å². The number of carboxylic acids is 1. The second-order valence-corrected chi connectivity index (χ2v) is 8.57. The molecular formula is C30H24O4. The minimum absolute atomic E-state index is 0.410. The Balaban J connectivity index is 1.44. The van der Waals surface area contributed by atoms with E-state index in [0.717, 1.165) is 22.3 Å². The molecule has 0 amide bonds. The van der Waals surface area contributed by atoms with Gasteiger partial charge in [-0.05, 0) is 34.4 Å². The van der Waals surface area contributed by atoms with E-state index in [-0.39, 0.29) is 0 Å². The molecule has 0 bridgehead atoms. The summed E-state index contributed by atoms with van der Waals surface area (Å²) >= 11 is 0. The van der Waals surface area contributed by atoms with Crippen LogP contribution in [0.15, 0.2) is 115 Å². The van der Waals surface area contributed by atoms with Gasteiger partial charge in [-0.3, -0.25) is 9.59 Å². The Morgan fingerprint density at radius 1 is 0.559 bits per heavy atom. The summed E-state index contributed by atoms with van der Waals surface area (Å²) in [6.45, 7) is 0. The molecule has 1 fully saturated rings. The lowest BCUT2D eigenvalue weighted by molar-refractivity contribution is -0.158. The zero-order valence-electron chi connectivity index (χ0n) is 18.5. The predicted molar refractivity (Wildman–Crippen MR) is 130 cm³/mol. The highest BCUT2D eigenvalue weighted by Crippen LogP contribution is 2.58. The summed E-state index contributed by atoms with van der Waals surface area (Å²) in [6, 6.07) is 36.2. The molecule has 4 nitrogen and oxygen atoms in total. The molecule has 0 saturated heterocycles. The highest BCUT2D eigenvalue weighted by Gasteiger charge is 2.59. The summed E-state index contributed by atoms with van der Waals surface area (Å²) in [5.74, 6) is -3.09. The molecule has 4 heteroatoms. The fraction of sp³-hybridized carbons (Fsp3) is 0.133. The van der Waals surface area contributed by atoms with Crippen molar-refractivity contribution >= 4 is 11.9 Å². The number of carbonyl (C=O) groups excluding carboxylic acids is 1. The number of hydrogen-bond donors (Lipinski definition) is 1. The van der Waals surface area contributed by atoms with Crippen LogP contribution in [0.3, 0.4) is 0 Å². The number of aliphatic carboxylic acids is 1. The monoisotopic (exact) mass is 448 g/mol. The molecule has 0 spiro atoms. The van der Waals surface area contributed by atoms with Crippen molar-refractivity contribution in [3.8, 4) is 16.9 Å². The molecule has 168 valence electrons. The quantitative estimate of drug-likeness (QED) is 0.284. The van der Waals surface area contributed by atoms with E-state index in [1.165, 1.54) is 0 Å². The molecule has 34 heavy (non-hydrogen) atoms. The van der Waals surface area contributed by atoms with E-state index < -0.39 is 35.6 Å². The van der Waals surface area contributed by atoms with Gasteiger partial charge in [-0.25, -0.2) is 0 Å². The Kier molecular flexibility index (Phi) is 5.96. The Labute approximate surface area is 198 Å². The fourth-order valence-electron chi connectivity index (χ4n) is 5.06. The van der Waals surface area contributed by atoms with Crippen molar-refractivity contribution in [1.82, 2.24) is 0 Å². The number of carboxylic acid groups (broad SMARTS) is 1. The lowest BCUT2D eigenvalue weighted by atomic mass is 9.52. The third-order valence-corrected chi connectivity index (χ3v) is 6.65. The lowest BCUT2D eigenvalue weighted by Crippen LogP contribution is -2.52. The normalized spacial score (nSPS) is 21.3. The average molecular weight is 449 g/mol. The zero-order valence-corrected chi connectivity index (χ0v) is 18.5. The van der Waals surface area contributed by atoms with E-state index in [4.69, 9.17) is 4.74 Å². The van der Waals surface area contributed by atoms with E-state index in [9.17, 15) is 14.7 Å². The van der Waals surface area contributed by atoms with Crippen LogP contribution in [0.25, 0.3) is 11.1 Å². The third-order valence-electron chi connectivity index (χ3n) is 6.65. The van der Waals surface area contributed by atoms with Crippen molar-refractivity contribution in [2.24, 2.45) is 11.8 Å². The van der Waals surface area contributed by atoms with Crippen LogP contribution < -0.4 is 4.74 Å². The van der Waals surface area contributed by atoms with Gasteiger partial charge in [0.25, 0.3) is 0 Å². The highest BCUT2D eigenvalue weighted by molar-refractivity contribution is 5.85. The summed E-state index contributed by atoms with van der Waals surface area (Å²) in [5, 5.41) is 10.1. The summed E-state index contributed by atoms with van der Waals surface area (Å²) in [7, 11) is 0. The van der Waals surface area contributed by atoms with Crippen LogP contribution in [0, 0.1) is 11.8 Å². The lowest BCUT2D eigenvalue weighted by Gasteiger charge is -2.48. The van der Waals surface area contributed by atoms with Gasteiger partial charge >= 0.3 is 11.9 Å². The van der Waals surface area contributed by atoms with Crippen molar-refractivity contribution in [2.45, 2.75) is 11.8 Å². The number of ether oxygens (including phenoxy) is 1. The van der Waals surface area contributed by atoms with Gasteiger partial charge in [0, 0.05) is 11.8 Å². The average Bonchev–Trinajstić information content (AvgIpc) is 2.85. The molecule has 1 aliphatic rings. The fourth-order valence-corrected chi connectivity index (χ4v) is 5.06. The number of benzene rings is 4. The summed E-state index contributed by atoms with van der Waals surface area (Å²) in [6.07, 6.45) is 0. The molecule has 0 unspecified atom stereocenters. The first-order chi connectivity index (χ1) is 16.6. The van der Waals surface area contributed by atoms with Crippen LogP contribution in [-0.2, 0) is 9.59 Å². The van der Waals surface area contributed by atoms with Gasteiger partial charge < -0.3 is 9.84 Å². The van der Waals surface area contributed by atoms with Gasteiger partial charge in [0.05, 0.1) is 11.8 Å². The first-order valence-corrected chi connectivity index (χ1v) is 11.3. The smallest absolute Gasteiger partial charge is 0.315 e. The molecule has 1 saturated carbocycles. The molecule has 4 aromatic carbocycles. The van der Waals surface area contributed by atoms with Crippen molar-refractivity contribution < 1.29 is 19.4 Å². The van der Waals surface area contributed by atoms with Crippen LogP contribution >= 0.6 is 0 Å². The second kappa shape index (κ2) is 9.36. The Morgan fingerprint density at radius 2 is 1.00 bits per heavy atom. The van der Waals surface area contributed by atoms with Crippen molar-refractivity contribution in [2.75, 3.05) is 0 Å². The number of esters is 1. The van der Waals surface area contributed by atoms with E-state index in [2.05, 4.69) is 0 Å². The van der Waals surface area contributed by atoms with Crippen molar-refractivity contribution in [3.05, 3.63) is 126 Å². The molecule has 0 radical (unpaired) electrons. The maximum Gasteiger partial charge on any atom is 0.315 e. The van der Waals surface area contributed by atoms with E-state index in [0.29, 0.717) is 5.75 Å². The minimum Gasteiger partial charge on any atom is -0.481 e. The molecule has 0 aliphatic heterocycles. The number of rotatable bonds is 6. The van der Waals surface area contributed by atoms with Crippen LogP contribution in [-0.4, -0.2) is 17.0 Å². The van der Waals surface area contributed by atoms with Crippen LogP contribution in [0.5, 0.6) is 5.75 Å². The Bertz CT molecular complexity index is 1220. The first-order valence-electron chi connectivity index (χ1n) is 11.3. The molecule has 1 aliphatic carbocycles. The minimum atomic E-state index is -0.904.